The molecule has 1 saturated carbocycles. The highest BCUT2D eigenvalue weighted by atomic mass is 16.4. The molecule has 1 heterocycles. The summed E-state index contributed by atoms with van der Waals surface area (Å²) in [6.07, 6.45) is 3.56. The molecule has 2 fully saturated rings. The first-order valence-electron chi connectivity index (χ1n) is 6.75. The number of amides is 2. The van der Waals surface area contributed by atoms with Crippen LogP contribution in [-0.4, -0.2) is 53.1 Å². The van der Waals surface area contributed by atoms with E-state index < -0.39 is 12.0 Å². The molecular formula is C13H22N2O3. The smallest absolute Gasteiger partial charge is 0.326 e. The molecule has 0 radical (unpaired) electrons. The van der Waals surface area contributed by atoms with Crippen LogP contribution in [0.15, 0.2) is 0 Å². The van der Waals surface area contributed by atoms with Gasteiger partial charge in [-0.05, 0) is 37.5 Å². The van der Waals surface area contributed by atoms with Gasteiger partial charge in [-0.3, -0.25) is 0 Å². The van der Waals surface area contributed by atoms with Crippen LogP contribution in [0.1, 0.15) is 32.6 Å². The van der Waals surface area contributed by atoms with Gasteiger partial charge in [-0.1, -0.05) is 6.92 Å². The monoisotopic (exact) mass is 254 g/mol. The lowest BCUT2D eigenvalue weighted by molar-refractivity contribution is -0.143. The van der Waals surface area contributed by atoms with E-state index in [2.05, 4.69) is 6.92 Å². The number of urea groups is 1. The van der Waals surface area contributed by atoms with Gasteiger partial charge in [0.05, 0.1) is 0 Å². The van der Waals surface area contributed by atoms with E-state index in [4.69, 9.17) is 5.11 Å². The number of piperidine rings is 1. The van der Waals surface area contributed by atoms with Gasteiger partial charge in [0.1, 0.15) is 6.04 Å². The number of carboxylic acids is 1. The summed E-state index contributed by atoms with van der Waals surface area (Å²) < 4.78 is 0. The number of hydrogen-bond donors (Lipinski definition) is 1. The second-order valence-electron chi connectivity index (χ2n) is 5.68. The predicted molar refractivity (Wildman–Crippen MR) is 67.3 cm³/mol. The number of carboxylic acid groups (broad SMARTS) is 1. The summed E-state index contributed by atoms with van der Waals surface area (Å²) in [5.41, 5.74) is 0. The number of likely N-dealkylation sites (tertiary alicyclic amines) is 1. The number of carbonyl (C=O) groups excluding carboxylic acids is 1. The summed E-state index contributed by atoms with van der Waals surface area (Å²) >= 11 is 0. The minimum atomic E-state index is -0.878. The number of aliphatic carboxylic acids is 1. The molecule has 2 rings (SSSR count). The van der Waals surface area contributed by atoms with Crippen molar-refractivity contribution in [1.82, 2.24) is 9.80 Å². The quantitative estimate of drug-likeness (QED) is 0.832. The van der Waals surface area contributed by atoms with Crippen molar-refractivity contribution < 1.29 is 14.7 Å². The van der Waals surface area contributed by atoms with Gasteiger partial charge in [0.15, 0.2) is 0 Å². The highest BCUT2D eigenvalue weighted by Gasteiger charge is 2.37. The van der Waals surface area contributed by atoms with Gasteiger partial charge in [0, 0.05) is 20.1 Å². The van der Waals surface area contributed by atoms with E-state index >= 15 is 0 Å². The van der Waals surface area contributed by atoms with E-state index in [0.29, 0.717) is 24.8 Å². The Balaban J connectivity index is 1.94. The SMILES string of the molecule is CC1CC1CN(C)C(=O)N1CCCCC1C(=O)O. The third-order valence-electron chi connectivity index (χ3n) is 4.14. The molecule has 2 amide bonds. The average molecular weight is 254 g/mol. The standard InChI is InChI=1S/C13H22N2O3/c1-9-7-10(9)8-14(2)13(18)15-6-4-3-5-11(15)12(16)17/h9-11H,3-8H2,1-2H3,(H,16,17). The third-order valence-corrected chi connectivity index (χ3v) is 4.14. The zero-order chi connectivity index (χ0) is 13.3. The number of nitrogens with zero attached hydrogens (tertiary/aromatic N) is 2. The van der Waals surface area contributed by atoms with Crippen LogP contribution in [0.5, 0.6) is 0 Å². The van der Waals surface area contributed by atoms with E-state index in [1.165, 1.54) is 11.3 Å². The molecule has 5 heteroatoms. The summed E-state index contributed by atoms with van der Waals surface area (Å²) in [4.78, 5) is 26.7. The van der Waals surface area contributed by atoms with Crippen LogP contribution in [0, 0.1) is 11.8 Å². The summed E-state index contributed by atoms with van der Waals surface area (Å²) in [6.45, 7) is 3.51. The molecule has 3 atom stereocenters. The topological polar surface area (TPSA) is 60.9 Å². The van der Waals surface area contributed by atoms with Crippen molar-refractivity contribution in [2.45, 2.75) is 38.6 Å². The number of carbonyl (C=O) groups is 2. The van der Waals surface area contributed by atoms with Gasteiger partial charge in [0.2, 0.25) is 0 Å². The van der Waals surface area contributed by atoms with E-state index in [1.807, 2.05) is 0 Å². The van der Waals surface area contributed by atoms with E-state index in [9.17, 15) is 9.59 Å². The highest BCUT2D eigenvalue weighted by molar-refractivity contribution is 5.82. The van der Waals surface area contributed by atoms with Crippen molar-refractivity contribution in [2.75, 3.05) is 20.1 Å². The maximum absolute atomic E-state index is 12.3. The van der Waals surface area contributed by atoms with Crippen molar-refractivity contribution in [3.05, 3.63) is 0 Å². The lowest BCUT2D eigenvalue weighted by atomic mass is 10.0. The molecule has 0 bridgehead atoms. The molecule has 0 aromatic rings. The van der Waals surface area contributed by atoms with Crippen LogP contribution in [0.25, 0.3) is 0 Å². The van der Waals surface area contributed by atoms with Crippen molar-refractivity contribution in [2.24, 2.45) is 11.8 Å². The number of rotatable bonds is 3. The maximum atomic E-state index is 12.3. The van der Waals surface area contributed by atoms with Crippen LogP contribution < -0.4 is 0 Å². The fraction of sp³-hybridized carbons (Fsp3) is 0.846. The Bertz CT molecular complexity index is 345. The van der Waals surface area contributed by atoms with Gasteiger partial charge in [0.25, 0.3) is 0 Å². The minimum Gasteiger partial charge on any atom is -0.480 e. The van der Waals surface area contributed by atoms with Crippen LogP contribution in [0.4, 0.5) is 4.79 Å². The molecule has 1 aliphatic heterocycles. The molecule has 0 aromatic carbocycles. The Morgan fingerprint density at radius 1 is 1.39 bits per heavy atom. The Morgan fingerprint density at radius 3 is 2.61 bits per heavy atom. The molecule has 1 N–H and O–H groups in total. The molecule has 0 spiro atoms. The van der Waals surface area contributed by atoms with Crippen molar-refractivity contribution in [3.8, 4) is 0 Å². The van der Waals surface area contributed by atoms with Gasteiger partial charge in [-0.15, -0.1) is 0 Å². The average Bonchev–Trinajstić information content (AvgIpc) is 3.03. The Morgan fingerprint density at radius 2 is 2.06 bits per heavy atom. The van der Waals surface area contributed by atoms with Gasteiger partial charge < -0.3 is 14.9 Å². The van der Waals surface area contributed by atoms with Gasteiger partial charge in [-0.25, -0.2) is 9.59 Å². The van der Waals surface area contributed by atoms with Crippen LogP contribution >= 0.6 is 0 Å². The largest absolute Gasteiger partial charge is 0.480 e. The fourth-order valence-corrected chi connectivity index (χ4v) is 2.72. The van der Waals surface area contributed by atoms with E-state index in [0.717, 1.165) is 19.4 Å². The van der Waals surface area contributed by atoms with E-state index in [-0.39, 0.29) is 6.03 Å². The molecule has 0 aromatic heterocycles. The first-order valence-corrected chi connectivity index (χ1v) is 6.75. The second kappa shape index (κ2) is 5.16. The second-order valence-corrected chi connectivity index (χ2v) is 5.68. The molecular weight excluding hydrogens is 232 g/mol. The zero-order valence-corrected chi connectivity index (χ0v) is 11.1. The lowest BCUT2D eigenvalue weighted by Crippen LogP contribution is -2.52. The fourth-order valence-electron chi connectivity index (χ4n) is 2.72. The van der Waals surface area contributed by atoms with Crippen molar-refractivity contribution in [3.63, 3.8) is 0 Å². The molecule has 1 aliphatic carbocycles. The van der Waals surface area contributed by atoms with Crippen LogP contribution in [0.2, 0.25) is 0 Å². The maximum Gasteiger partial charge on any atom is 0.326 e. The summed E-state index contributed by atoms with van der Waals surface area (Å²) in [6, 6.07) is -0.758. The third kappa shape index (κ3) is 2.76. The van der Waals surface area contributed by atoms with Gasteiger partial charge >= 0.3 is 12.0 Å². The van der Waals surface area contributed by atoms with E-state index in [1.54, 1.807) is 11.9 Å². The Kier molecular flexibility index (Phi) is 3.78. The molecule has 2 aliphatic rings. The molecule has 18 heavy (non-hydrogen) atoms. The van der Waals surface area contributed by atoms with Gasteiger partial charge in [-0.2, -0.15) is 0 Å². The molecule has 3 unspecified atom stereocenters. The predicted octanol–water partition coefficient (Wildman–Crippen LogP) is 1.63. The Hall–Kier alpha value is -1.26. The number of hydrogen-bond acceptors (Lipinski definition) is 2. The zero-order valence-electron chi connectivity index (χ0n) is 11.1. The van der Waals surface area contributed by atoms with Crippen molar-refractivity contribution in [1.29, 1.82) is 0 Å². The summed E-state index contributed by atoms with van der Waals surface area (Å²) in [7, 11) is 1.78. The summed E-state index contributed by atoms with van der Waals surface area (Å²) in [5.74, 6) is 0.431. The lowest BCUT2D eigenvalue weighted by Gasteiger charge is -2.35. The Labute approximate surface area is 108 Å². The van der Waals surface area contributed by atoms with Crippen LogP contribution in [0.3, 0.4) is 0 Å². The van der Waals surface area contributed by atoms with Crippen molar-refractivity contribution >= 4 is 12.0 Å². The first kappa shape index (κ1) is 13.2. The molecule has 1 saturated heterocycles. The normalized spacial score (nSPS) is 31.0. The highest BCUT2D eigenvalue weighted by Crippen LogP contribution is 2.38. The molecule has 102 valence electrons. The summed E-state index contributed by atoms with van der Waals surface area (Å²) in [5, 5.41) is 9.16. The molecule has 5 nitrogen and oxygen atoms in total. The minimum absolute atomic E-state index is 0.124. The first-order chi connectivity index (χ1) is 8.50. The van der Waals surface area contributed by atoms with Crippen LogP contribution in [-0.2, 0) is 4.79 Å².